The molecule has 1 aliphatic rings. The van der Waals surface area contributed by atoms with Gasteiger partial charge >= 0.3 is 0 Å². The molecule has 0 aliphatic carbocycles. The monoisotopic (exact) mass is 275 g/mol. The predicted molar refractivity (Wildman–Crippen MR) is 77.7 cm³/mol. The minimum absolute atomic E-state index is 0.138. The molecule has 0 spiro atoms. The first-order valence-electron chi connectivity index (χ1n) is 6.51. The van der Waals surface area contributed by atoms with Gasteiger partial charge in [0.2, 0.25) is 0 Å². The SMILES string of the molecule is Cc1ccc2c(=S)n(C3C[C@@H](O)C(C)O3)ccc2c1. The molecular weight excluding hydrogens is 258 g/mol. The number of pyridine rings is 1. The summed E-state index contributed by atoms with van der Waals surface area (Å²) in [5.74, 6) is 0. The van der Waals surface area contributed by atoms with Gasteiger partial charge in [0.25, 0.3) is 0 Å². The Morgan fingerprint density at radius 3 is 2.84 bits per heavy atom. The second kappa shape index (κ2) is 4.71. The van der Waals surface area contributed by atoms with Crippen LogP contribution in [-0.2, 0) is 4.74 Å². The van der Waals surface area contributed by atoms with Gasteiger partial charge in [-0.3, -0.25) is 0 Å². The highest BCUT2D eigenvalue weighted by molar-refractivity contribution is 7.71. The standard InChI is InChI=1S/C15H17NO2S/c1-9-3-4-12-11(7-9)5-6-16(15(12)19)14-8-13(17)10(2)18-14/h3-7,10,13-14,17H,8H2,1-2H3/t10?,13-,14?/m1/s1. The molecule has 2 heterocycles. The molecule has 1 aromatic heterocycles. The van der Waals surface area contributed by atoms with Crippen molar-refractivity contribution in [2.75, 3.05) is 0 Å². The summed E-state index contributed by atoms with van der Waals surface area (Å²) in [6.07, 6.45) is 1.83. The molecule has 0 saturated carbocycles. The number of ether oxygens (including phenoxy) is 1. The van der Waals surface area contributed by atoms with Gasteiger partial charge in [-0.15, -0.1) is 0 Å². The minimum Gasteiger partial charge on any atom is -0.390 e. The van der Waals surface area contributed by atoms with Crippen molar-refractivity contribution in [1.82, 2.24) is 4.57 Å². The maximum atomic E-state index is 9.80. The van der Waals surface area contributed by atoms with Gasteiger partial charge in [-0.05, 0) is 25.3 Å². The summed E-state index contributed by atoms with van der Waals surface area (Å²) in [7, 11) is 0. The Bertz CT molecular complexity index is 669. The third kappa shape index (κ3) is 2.20. The highest BCUT2D eigenvalue weighted by Gasteiger charge is 2.31. The lowest BCUT2D eigenvalue weighted by Crippen LogP contribution is -2.15. The number of rotatable bonds is 1. The zero-order valence-electron chi connectivity index (χ0n) is 11.0. The highest BCUT2D eigenvalue weighted by Crippen LogP contribution is 2.30. The lowest BCUT2D eigenvalue weighted by atomic mass is 10.1. The average Bonchev–Trinajstić information content (AvgIpc) is 2.69. The predicted octanol–water partition coefficient (Wildman–Crippen LogP) is 3.35. The van der Waals surface area contributed by atoms with Crippen molar-refractivity contribution in [3.05, 3.63) is 40.7 Å². The van der Waals surface area contributed by atoms with Crippen LogP contribution in [0.3, 0.4) is 0 Å². The maximum Gasteiger partial charge on any atom is 0.137 e. The quantitative estimate of drug-likeness (QED) is 0.810. The molecule has 19 heavy (non-hydrogen) atoms. The maximum absolute atomic E-state index is 9.80. The molecule has 1 N–H and O–H groups in total. The number of aromatic nitrogens is 1. The van der Waals surface area contributed by atoms with Crippen LogP contribution >= 0.6 is 12.2 Å². The first kappa shape index (κ1) is 12.8. The molecule has 2 aromatic rings. The Morgan fingerprint density at radius 1 is 1.37 bits per heavy atom. The number of benzene rings is 1. The lowest BCUT2D eigenvalue weighted by Gasteiger charge is -2.16. The molecule has 2 unspecified atom stereocenters. The van der Waals surface area contributed by atoms with Crippen LogP contribution < -0.4 is 0 Å². The number of aryl methyl sites for hydroxylation is 1. The van der Waals surface area contributed by atoms with Crippen LogP contribution in [0, 0.1) is 11.6 Å². The molecule has 3 atom stereocenters. The van der Waals surface area contributed by atoms with Crippen molar-refractivity contribution in [3.8, 4) is 0 Å². The fourth-order valence-electron chi connectivity index (χ4n) is 2.58. The van der Waals surface area contributed by atoms with Crippen LogP contribution in [0.5, 0.6) is 0 Å². The largest absolute Gasteiger partial charge is 0.390 e. The van der Waals surface area contributed by atoms with Crippen molar-refractivity contribution in [1.29, 1.82) is 0 Å². The lowest BCUT2D eigenvalue weighted by molar-refractivity contribution is -0.00848. The fraction of sp³-hybridized carbons (Fsp3) is 0.400. The topological polar surface area (TPSA) is 34.4 Å². The summed E-state index contributed by atoms with van der Waals surface area (Å²) in [6.45, 7) is 3.96. The first-order valence-corrected chi connectivity index (χ1v) is 6.92. The molecule has 0 amide bonds. The number of aliphatic hydroxyl groups is 1. The summed E-state index contributed by atoms with van der Waals surface area (Å²) in [5, 5.41) is 12.0. The van der Waals surface area contributed by atoms with Crippen LogP contribution in [0.2, 0.25) is 0 Å². The Kier molecular flexibility index (Phi) is 3.17. The van der Waals surface area contributed by atoms with Crippen LogP contribution in [0.4, 0.5) is 0 Å². The second-order valence-corrected chi connectivity index (χ2v) is 5.60. The molecular formula is C15H17NO2S. The Labute approximate surface area is 117 Å². The van der Waals surface area contributed by atoms with Gasteiger partial charge in [0.1, 0.15) is 10.9 Å². The van der Waals surface area contributed by atoms with Gasteiger partial charge in [0, 0.05) is 18.0 Å². The average molecular weight is 275 g/mol. The van der Waals surface area contributed by atoms with Crippen molar-refractivity contribution < 1.29 is 9.84 Å². The van der Waals surface area contributed by atoms with Gasteiger partial charge < -0.3 is 14.4 Å². The van der Waals surface area contributed by atoms with E-state index in [1.165, 1.54) is 5.56 Å². The minimum atomic E-state index is -0.416. The molecule has 1 saturated heterocycles. The van der Waals surface area contributed by atoms with Crippen molar-refractivity contribution >= 4 is 23.0 Å². The number of nitrogens with zero attached hydrogens (tertiary/aromatic N) is 1. The number of fused-ring (bicyclic) bond motifs is 1. The number of hydrogen-bond donors (Lipinski definition) is 1. The molecule has 1 aliphatic heterocycles. The van der Waals surface area contributed by atoms with E-state index in [1.54, 1.807) is 0 Å². The molecule has 0 bridgehead atoms. The third-order valence-electron chi connectivity index (χ3n) is 3.75. The van der Waals surface area contributed by atoms with Gasteiger partial charge in [-0.25, -0.2) is 0 Å². The highest BCUT2D eigenvalue weighted by atomic mass is 32.1. The van der Waals surface area contributed by atoms with Crippen LogP contribution in [0.1, 0.15) is 25.1 Å². The van der Waals surface area contributed by atoms with E-state index in [-0.39, 0.29) is 12.3 Å². The summed E-state index contributed by atoms with van der Waals surface area (Å²) in [4.78, 5) is 0. The molecule has 100 valence electrons. The van der Waals surface area contributed by atoms with Gasteiger partial charge in [-0.2, -0.15) is 0 Å². The van der Waals surface area contributed by atoms with E-state index in [2.05, 4.69) is 31.2 Å². The van der Waals surface area contributed by atoms with Crippen molar-refractivity contribution in [3.63, 3.8) is 0 Å². The molecule has 1 aromatic carbocycles. The summed E-state index contributed by atoms with van der Waals surface area (Å²) in [5.41, 5.74) is 1.22. The normalized spacial score (nSPS) is 27.0. The Hall–Kier alpha value is -1.23. The number of aliphatic hydroxyl groups excluding tert-OH is 1. The fourth-order valence-corrected chi connectivity index (χ4v) is 2.94. The second-order valence-electron chi connectivity index (χ2n) is 5.22. The van der Waals surface area contributed by atoms with Crippen molar-refractivity contribution in [2.45, 2.75) is 38.7 Å². The smallest absolute Gasteiger partial charge is 0.137 e. The van der Waals surface area contributed by atoms with E-state index < -0.39 is 6.10 Å². The third-order valence-corrected chi connectivity index (χ3v) is 4.18. The Balaban J connectivity index is 2.09. The summed E-state index contributed by atoms with van der Waals surface area (Å²) in [6, 6.07) is 8.30. The molecule has 4 heteroatoms. The Morgan fingerprint density at radius 2 is 2.16 bits per heavy atom. The molecule has 0 radical (unpaired) electrons. The van der Waals surface area contributed by atoms with Gasteiger partial charge in [0.05, 0.1) is 12.2 Å². The summed E-state index contributed by atoms with van der Waals surface area (Å²) < 4.78 is 8.47. The van der Waals surface area contributed by atoms with Crippen LogP contribution in [-0.4, -0.2) is 21.9 Å². The van der Waals surface area contributed by atoms with E-state index in [1.807, 2.05) is 17.7 Å². The summed E-state index contributed by atoms with van der Waals surface area (Å²) >= 11 is 5.55. The van der Waals surface area contributed by atoms with E-state index in [0.29, 0.717) is 6.42 Å². The molecule has 3 nitrogen and oxygen atoms in total. The van der Waals surface area contributed by atoms with Gasteiger partial charge in [-0.1, -0.05) is 36.0 Å². The zero-order chi connectivity index (χ0) is 13.6. The molecule has 1 fully saturated rings. The van der Waals surface area contributed by atoms with E-state index in [0.717, 1.165) is 15.4 Å². The van der Waals surface area contributed by atoms with Crippen molar-refractivity contribution in [2.24, 2.45) is 0 Å². The first-order chi connectivity index (χ1) is 9.06. The van der Waals surface area contributed by atoms with Gasteiger partial charge in [0.15, 0.2) is 0 Å². The van der Waals surface area contributed by atoms with E-state index in [9.17, 15) is 5.11 Å². The molecule has 3 rings (SSSR count). The van der Waals surface area contributed by atoms with Crippen LogP contribution in [0.25, 0.3) is 10.8 Å². The van der Waals surface area contributed by atoms with E-state index in [4.69, 9.17) is 17.0 Å². The van der Waals surface area contributed by atoms with E-state index >= 15 is 0 Å². The van der Waals surface area contributed by atoms with Crippen LogP contribution in [0.15, 0.2) is 30.5 Å². The number of hydrogen-bond acceptors (Lipinski definition) is 3. The zero-order valence-corrected chi connectivity index (χ0v) is 11.9.